The molecule has 0 fully saturated rings. The lowest BCUT2D eigenvalue weighted by Gasteiger charge is -2.26. The first-order chi connectivity index (χ1) is 11.3. The lowest BCUT2D eigenvalue weighted by Crippen LogP contribution is -2.32. The van der Waals surface area contributed by atoms with Crippen molar-refractivity contribution in [3.8, 4) is 5.75 Å². The molecule has 0 radical (unpaired) electrons. The Hall–Kier alpha value is -2.41. The summed E-state index contributed by atoms with van der Waals surface area (Å²) >= 11 is 0. The van der Waals surface area contributed by atoms with Gasteiger partial charge >= 0.3 is 5.97 Å². The van der Waals surface area contributed by atoms with Crippen molar-refractivity contribution in [1.29, 1.82) is 0 Å². The second kappa shape index (κ2) is 7.44. The summed E-state index contributed by atoms with van der Waals surface area (Å²) in [5.41, 5.74) is 0.893. The third-order valence-corrected chi connectivity index (χ3v) is 3.48. The highest BCUT2D eigenvalue weighted by atomic mass is 19.1. The Morgan fingerprint density at radius 2 is 2.17 bits per heavy atom. The van der Waals surface area contributed by atoms with Gasteiger partial charge in [0.2, 0.25) is 0 Å². The summed E-state index contributed by atoms with van der Waals surface area (Å²) in [6.07, 6.45) is 1.47. The fourth-order valence-corrected chi connectivity index (χ4v) is 2.55. The Balaban J connectivity index is 2.38. The molecule has 1 aromatic heterocycles. The van der Waals surface area contributed by atoms with Crippen LogP contribution in [-0.2, 0) is 11.3 Å². The van der Waals surface area contributed by atoms with E-state index in [0.29, 0.717) is 5.82 Å². The molecule has 24 heavy (non-hydrogen) atoms. The minimum absolute atomic E-state index is 0.0180. The number of halogens is 1. The molecule has 0 saturated carbocycles. The van der Waals surface area contributed by atoms with Gasteiger partial charge in [-0.2, -0.15) is 0 Å². The van der Waals surface area contributed by atoms with Gasteiger partial charge in [0.25, 0.3) is 0 Å². The zero-order valence-electron chi connectivity index (χ0n) is 14.2. The second-order valence-electron chi connectivity index (χ2n) is 5.99. The number of carbonyl (C=O) groups is 1. The maximum atomic E-state index is 14.4. The summed E-state index contributed by atoms with van der Waals surface area (Å²) in [5.74, 6) is -0.911. The minimum Gasteiger partial charge on any atom is -0.491 e. The third-order valence-electron chi connectivity index (χ3n) is 3.48. The smallest absolute Gasteiger partial charge is 0.325 e. The molecule has 0 bridgehead atoms. The third kappa shape index (κ3) is 4.11. The number of ether oxygens (including phenoxy) is 1. The maximum absolute atomic E-state index is 14.4. The predicted molar refractivity (Wildman–Crippen MR) is 87.3 cm³/mol. The fourth-order valence-electron chi connectivity index (χ4n) is 2.55. The number of aromatic amines is 1. The summed E-state index contributed by atoms with van der Waals surface area (Å²) in [6, 6.07) is 3.14. The van der Waals surface area contributed by atoms with Crippen LogP contribution in [0.5, 0.6) is 5.75 Å². The van der Waals surface area contributed by atoms with E-state index in [0.717, 1.165) is 5.69 Å². The van der Waals surface area contributed by atoms with Crippen LogP contribution in [0.3, 0.4) is 0 Å². The van der Waals surface area contributed by atoms with Gasteiger partial charge in [-0.3, -0.25) is 9.69 Å². The van der Waals surface area contributed by atoms with Crippen LogP contribution in [0.2, 0.25) is 0 Å². The molecule has 1 atom stereocenters. The van der Waals surface area contributed by atoms with Crippen LogP contribution in [0.25, 0.3) is 0 Å². The Bertz CT molecular complexity index is 715. The Kier molecular flexibility index (Phi) is 5.56. The summed E-state index contributed by atoms with van der Waals surface area (Å²) in [7, 11) is 1.61. The molecule has 0 spiro atoms. The number of nitrogens with zero attached hydrogens (tertiary/aromatic N) is 2. The molecule has 0 saturated heterocycles. The zero-order valence-corrected chi connectivity index (χ0v) is 14.2. The van der Waals surface area contributed by atoms with Crippen LogP contribution >= 0.6 is 0 Å². The fraction of sp³-hybridized carbons (Fsp3) is 0.412. The number of benzene rings is 1. The van der Waals surface area contributed by atoms with Gasteiger partial charge in [-0.25, -0.2) is 9.37 Å². The standard InChI is InChI=1S/C17H22FN3O3/c1-10(2)24-13-7-5-6-12(18)15(13)16(17(22)23)21(4)9-14-19-8-11(3)20-14/h5-8,10,16H,9H2,1-4H3,(H,19,20)(H,22,23)/t16-/m0/s1. The number of aryl methyl sites for hydroxylation is 1. The van der Waals surface area contributed by atoms with Crippen molar-refractivity contribution in [2.24, 2.45) is 0 Å². The van der Waals surface area contributed by atoms with Crippen molar-refractivity contribution in [2.75, 3.05) is 7.05 Å². The van der Waals surface area contributed by atoms with Crippen molar-refractivity contribution >= 4 is 5.97 Å². The Morgan fingerprint density at radius 3 is 2.71 bits per heavy atom. The van der Waals surface area contributed by atoms with E-state index in [-0.39, 0.29) is 24.0 Å². The molecule has 2 rings (SSSR count). The first kappa shape index (κ1) is 17.9. The van der Waals surface area contributed by atoms with Gasteiger partial charge in [-0.05, 0) is 40.0 Å². The van der Waals surface area contributed by atoms with Crippen molar-refractivity contribution < 1.29 is 19.0 Å². The van der Waals surface area contributed by atoms with Gasteiger partial charge in [0.15, 0.2) is 0 Å². The molecule has 6 nitrogen and oxygen atoms in total. The van der Waals surface area contributed by atoms with Crippen molar-refractivity contribution in [3.05, 3.63) is 47.3 Å². The average Bonchev–Trinajstić information content (AvgIpc) is 2.86. The number of H-pyrrole nitrogens is 1. The van der Waals surface area contributed by atoms with Crippen LogP contribution in [0.1, 0.15) is 37.0 Å². The molecule has 130 valence electrons. The van der Waals surface area contributed by atoms with Gasteiger partial charge < -0.3 is 14.8 Å². The van der Waals surface area contributed by atoms with E-state index in [4.69, 9.17) is 4.74 Å². The normalized spacial score (nSPS) is 12.6. The topological polar surface area (TPSA) is 78.5 Å². The lowest BCUT2D eigenvalue weighted by molar-refractivity contribution is -0.143. The van der Waals surface area contributed by atoms with Crippen LogP contribution in [0.15, 0.2) is 24.4 Å². The first-order valence-electron chi connectivity index (χ1n) is 7.68. The summed E-state index contributed by atoms with van der Waals surface area (Å²) in [6.45, 7) is 5.70. The average molecular weight is 335 g/mol. The zero-order chi connectivity index (χ0) is 17.9. The molecule has 0 amide bonds. The number of aromatic nitrogens is 2. The van der Waals surface area contributed by atoms with E-state index < -0.39 is 17.8 Å². The molecule has 2 N–H and O–H groups in total. The van der Waals surface area contributed by atoms with E-state index in [1.165, 1.54) is 17.0 Å². The van der Waals surface area contributed by atoms with Gasteiger partial charge in [-0.1, -0.05) is 6.07 Å². The maximum Gasteiger partial charge on any atom is 0.325 e. The van der Waals surface area contributed by atoms with Gasteiger partial charge in [0, 0.05) is 11.9 Å². The van der Waals surface area contributed by atoms with Crippen LogP contribution in [0, 0.1) is 12.7 Å². The van der Waals surface area contributed by atoms with Crippen molar-refractivity contribution in [2.45, 2.75) is 39.5 Å². The highest BCUT2D eigenvalue weighted by Crippen LogP contribution is 2.33. The number of carboxylic acid groups (broad SMARTS) is 1. The van der Waals surface area contributed by atoms with Crippen molar-refractivity contribution in [1.82, 2.24) is 14.9 Å². The van der Waals surface area contributed by atoms with E-state index in [9.17, 15) is 14.3 Å². The molecule has 0 unspecified atom stereocenters. The number of likely N-dealkylation sites (N-methyl/N-ethyl adjacent to an activating group) is 1. The number of carboxylic acids is 1. The molecule has 0 aliphatic carbocycles. The Labute approximate surface area is 140 Å². The predicted octanol–water partition coefficient (Wildman–Crippen LogP) is 2.90. The molecule has 1 heterocycles. The summed E-state index contributed by atoms with van der Waals surface area (Å²) in [5, 5.41) is 9.67. The number of rotatable bonds is 7. The quantitative estimate of drug-likeness (QED) is 0.813. The molecular formula is C17H22FN3O3. The largest absolute Gasteiger partial charge is 0.491 e. The van der Waals surface area contributed by atoms with E-state index in [1.54, 1.807) is 33.2 Å². The van der Waals surface area contributed by atoms with E-state index in [2.05, 4.69) is 9.97 Å². The lowest BCUT2D eigenvalue weighted by atomic mass is 10.0. The second-order valence-corrected chi connectivity index (χ2v) is 5.99. The number of nitrogens with one attached hydrogen (secondary N) is 1. The van der Waals surface area contributed by atoms with Gasteiger partial charge in [-0.15, -0.1) is 0 Å². The number of imidazole rings is 1. The summed E-state index contributed by atoms with van der Waals surface area (Å²) < 4.78 is 20.0. The van der Waals surface area contributed by atoms with Gasteiger partial charge in [0.1, 0.15) is 23.4 Å². The van der Waals surface area contributed by atoms with Crippen LogP contribution in [0.4, 0.5) is 4.39 Å². The number of aliphatic carboxylic acids is 1. The van der Waals surface area contributed by atoms with Crippen molar-refractivity contribution in [3.63, 3.8) is 0 Å². The van der Waals surface area contributed by atoms with Crippen LogP contribution in [-0.4, -0.2) is 39.1 Å². The minimum atomic E-state index is -1.19. The van der Waals surface area contributed by atoms with Gasteiger partial charge in [0.05, 0.1) is 18.2 Å². The molecule has 2 aromatic rings. The highest BCUT2D eigenvalue weighted by molar-refractivity contribution is 5.76. The Morgan fingerprint density at radius 1 is 1.46 bits per heavy atom. The molecule has 0 aliphatic heterocycles. The summed E-state index contributed by atoms with van der Waals surface area (Å²) in [4.78, 5) is 20.6. The van der Waals surface area contributed by atoms with E-state index in [1.807, 2.05) is 6.92 Å². The molecule has 1 aromatic carbocycles. The first-order valence-corrected chi connectivity index (χ1v) is 7.68. The monoisotopic (exact) mass is 335 g/mol. The molecule has 7 heteroatoms. The molecule has 0 aliphatic rings. The molecular weight excluding hydrogens is 313 g/mol. The van der Waals surface area contributed by atoms with E-state index >= 15 is 0 Å². The highest BCUT2D eigenvalue weighted by Gasteiger charge is 2.31. The number of hydrogen-bond acceptors (Lipinski definition) is 4. The SMILES string of the molecule is Cc1cnc(CN(C)[C@H](C(=O)O)c2c(F)cccc2OC(C)C)[nH]1. The number of hydrogen-bond donors (Lipinski definition) is 2. The van der Waals surface area contributed by atoms with Crippen LogP contribution < -0.4 is 4.74 Å².